The summed E-state index contributed by atoms with van der Waals surface area (Å²) < 4.78 is 46.2. The van der Waals surface area contributed by atoms with E-state index in [2.05, 4.69) is 20.2 Å². The lowest BCUT2D eigenvalue weighted by molar-refractivity contribution is -0.274. The summed E-state index contributed by atoms with van der Waals surface area (Å²) in [4.78, 5) is 13.9. The van der Waals surface area contributed by atoms with Gasteiger partial charge in [-0.15, -0.1) is 24.5 Å². The normalized spacial score (nSPS) is 16.4. The SMILES string of the molecule is FC(F)(F)Oc1ccc([C@H]2C=C(Oc3ccc(-c4nccs4)nc3)NO2)cc1. The highest BCUT2D eigenvalue weighted by molar-refractivity contribution is 7.13. The largest absolute Gasteiger partial charge is 0.573 e. The fraction of sp³-hybridized carbons (Fsp3) is 0.111. The lowest BCUT2D eigenvalue weighted by Gasteiger charge is -2.11. The Morgan fingerprint density at radius 2 is 1.82 bits per heavy atom. The molecule has 10 heteroatoms. The zero-order chi connectivity index (χ0) is 19.6. The number of nitrogens with zero attached hydrogens (tertiary/aromatic N) is 2. The number of hydrogen-bond donors (Lipinski definition) is 1. The molecule has 1 aliphatic rings. The summed E-state index contributed by atoms with van der Waals surface area (Å²) in [5.41, 5.74) is 4.02. The van der Waals surface area contributed by atoms with Gasteiger partial charge in [-0.05, 0) is 29.8 Å². The van der Waals surface area contributed by atoms with Crippen LogP contribution in [0.15, 0.2) is 66.1 Å². The molecule has 0 spiro atoms. The highest BCUT2D eigenvalue weighted by Crippen LogP contribution is 2.29. The number of hydroxylamine groups is 1. The molecule has 0 fully saturated rings. The molecule has 1 N–H and O–H groups in total. The van der Waals surface area contributed by atoms with Gasteiger partial charge in [0.25, 0.3) is 0 Å². The maximum absolute atomic E-state index is 12.2. The van der Waals surface area contributed by atoms with Crippen molar-refractivity contribution < 1.29 is 27.5 Å². The van der Waals surface area contributed by atoms with Gasteiger partial charge in [-0.1, -0.05) is 12.1 Å². The summed E-state index contributed by atoms with van der Waals surface area (Å²) in [6.45, 7) is 0. The van der Waals surface area contributed by atoms with Gasteiger partial charge in [0, 0.05) is 17.7 Å². The Balaban J connectivity index is 1.40. The van der Waals surface area contributed by atoms with Crippen molar-refractivity contribution in [2.45, 2.75) is 12.5 Å². The number of pyridine rings is 1. The molecule has 0 saturated heterocycles. The van der Waals surface area contributed by atoms with E-state index in [0.717, 1.165) is 10.7 Å². The Morgan fingerprint density at radius 1 is 1.04 bits per heavy atom. The molecule has 2 aromatic heterocycles. The number of rotatable bonds is 5. The summed E-state index contributed by atoms with van der Waals surface area (Å²) in [6, 6.07) is 8.96. The van der Waals surface area contributed by atoms with Crippen molar-refractivity contribution in [3.63, 3.8) is 0 Å². The zero-order valence-electron chi connectivity index (χ0n) is 14.0. The highest BCUT2D eigenvalue weighted by atomic mass is 32.1. The molecular weight excluding hydrogens is 395 g/mol. The third-order valence-electron chi connectivity index (χ3n) is 3.65. The minimum absolute atomic E-state index is 0.297. The number of alkyl halides is 3. The van der Waals surface area contributed by atoms with E-state index in [-0.39, 0.29) is 5.75 Å². The topological polar surface area (TPSA) is 65.5 Å². The first-order valence-corrected chi connectivity index (χ1v) is 8.87. The molecule has 3 heterocycles. The molecule has 0 bridgehead atoms. The smallest absolute Gasteiger partial charge is 0.438 e. The van der Waals surface area contributed by atoms with Gasteiger partial charge in [0.05, 0.1) is 11.9 Å². The Bertz CT molecular complexity index is 958. The predicted octanol–water partition coefficient (Wildman–Crippen LogP) is 4.60. The van der Waals surface area contributed by atoms with Crippen molar-refractivity contribution in [3.8, 4) is 22.2 Å². The van der Waals surface area contributed by atoms with Crippen LogP contribution in [0.3, 0.4) is 0 Å². The van der Waals surface area contributed by atoms with E-state index in [1.165, 1.54) is 35.6 Å². The van der Waals surface area contributed by atoms with E-state index in [1.54, 1.807) is 30.6 Å². The zero-order valence-corrected chi connectivity index (χ0v) is 14.8. The number of aromatic nitrogens is 2. The van der Waals surface area contributed by atoms with E-state index >= 15 is 0 Å². The summed E-state index contributed by atoms with van der Waals surface area (Å²) in [5, 5.41) is 2.68. The third-order valence-corrected chi connectivity index (χ3v) is 4.44. The second kappa shape index (κ2) is 7.49. The molecule has 0 saturated carbocycles. The second-order valence-electron chi connectivity index (χ2n) is 5.61. The van der Waals surface area contributed by atoms with Gasteiger partial charge in [-0.2, -0.15) is 0 Å². The minimum Gasteiger partial charge on any atom is -0.438 e. The van der Waals surface area contributed by atoms with Crippen LogP contribution in [0.2, 0.25) is 0 Å². The van der Waals surface area contributed by atoms with Crippen LogP contribution in [-0.2, 0) is 4.84 Å². The minimum atomic E-state index is -4.73. The predicted molar refractivity (Wildman–Crippen MR) is 94.1 cm³/mol. The Hall–Kier alpha value is -3.11. The van der Waals surface area contributed by atoms with E-state index < -0.39 is 12.5 Å². The molecule has 3 aromatic rings. The van der Waals surface area contributed by atoms with Crippen LogP contribution in [0.4, 0.5) is 13.2 Å². The summed E-state index contributed by atoms with van der Waals surface area (Å²) in [5.74, 6) is 0.552. The fourth-order valence-electron chi connectivity index (χ4n) is 2.45. The van der Waals surface area contributed by atoms with Gasteiger partial charge in [-0.25, -0.2) is 15.4 Å². The Morgan fingerprint density at radius 3 is 2.46 bits per heavy atom. The quantitative estimate of drug-likeness (QED) is 0.667. The van der Waals surface area contributed by atoms with Crippen LogP contribution in [-0.4, -0.2) is 16.3 Å². The highest BCUT2D eigenvalue weighted by Gasteiger charge is 2.31. The number of benzene rings is 1. The standard InChI is InChI=1S/C18H12F3N3O3S/c19-18(20,21)26-12-3-1-11(2-4-12)15-9-16(24-27-15)25-13-5-6-14(23-10-13)17-22-7-8-28-17/h1-10,15,24H/t15-/m1/s1. The summed E-state index contributed by atoms with van der Waals surface area (Å²) in [6.07, 6.45) is -0.308. The molecule has 4 rings (SSSR count). The average molecular weight is 407 g/mol. The number of hydrogen-bond acceptors (Lipinski definition) is 7. The van der Waals surface area contributed by atoms with Gasteiger partial charge in [0.1, 0.15) is 22.6 Å². The summed E-state index contributed by atoms with van der Waals surface area (Å²) >= 11 is 1.49. The lowest BCUT2D eigenvalue weighted by Crippen LogP contribution is -2.17. The van der Waals surface area contributed by atoms with Crippen molar-refractivity contribution in [3.05, 3.63) is 71.7 Å². The third kappa shape index (κ3) is 4.41. The Kier molecular flexibility index (Phi) is 4.88. The van der Waals surface area contributed by atoms with Crippen LogP contribution < -0.4 is 15.0 Å². The van der Waals surface area contributed by atoms with Crippen LogP contribution >= 0.6 is 11.3 Å². The first kappa shape index (κ1) is 18.3. The Labute approximate surface area is 161 Å². The van der Waals surface area contributed by atoms with Gasteiger partial charge in [-0.3, -0.25) is 4.84 Å². The molecule has 0 amide bonds. The van der Waals surface area contributed by atoms with Crippen molar-refractivity contribution in [1.29, 1.82) is 0 Å². The molecule has 6 nitrogen and oxygen atoms in total. The number of thiazole rings is 1. The molecular formula is C18H12F3N3O3S. The maximum atomic E-state index is 12.2. The number of nitrogens with one attached hydrogen (secondary N) is 1. The van der Waals surface area contributed by atoms with Crippen LogP contribution in [0.1, 0.15) is 11.7 Å². The van der Waals surface area contributed by atoms with Crippen molar-refractivity contribution in [2.75, 3.05) is 0 Å². The van der Waals surface area contributed by atoms with Crippen molar-refractivity contribution in [2.24, 2.45) is 0 Å². The van der Waals surface area contributed by atoms with Crippen molar-refractivity contribution >= 4 is 11.3 Å². The molecule has 1 aromatic carbocycles. The molecule has 1 atom stereocenters. The molecule has 0 aliphatic carbocycles. The first-order valence-electron chi connectivity index (χ1n) is 7.99. The van der Waals surface area contributed by atoms with E-state index in [4.69, 9.17) is 9.57 Å². The second-order valence-corrected chi connectivity index (χ2v) is 6.50. The average Bonchev–Trinajstić information content (AvgIpc) is 3.34. The molecule has 0 radical (unpaired) electrons. The first-order chi connectivity index (χ1) is 13.5. The fourth-order valence-corrected chi connectivity index (χ4v) is 3.06. The van der Waals surface area contributed by atoms with Crippen LogP contribution in [0.25, 0.3) is 10.7 Å². The van der Waals surface area contributed by atoms with E-state index in [9.17, 15) is 13.2 Å². The van der Waals surface area contributed by atoms with Crippen LogP contribution in [0.5, 0.6) is 11.5 Å². The van der Waals surface area contributed by atoms with Gasteiger partial charge < -0.3 is 9.47 Å². The number of halogens is 3. The van der Waals surface area contributed by atoms with E-state index in [1.807, 2.05) is 5.38 Å². The maximum Gasteiger partial charge on any atom is 0.573 e. The summed E-state index contributed by atoms with van der Waals surface area (Å²) in [7, 11) is 0. The molecule has 28 heavy (non-hydrogen) atoms. The van der Waals surface area contributed by atoms with Gasteiger partial charge >= 0.3 is 6.36 Å². The number of ether oxygens (including phenoxy) is 2. The monoisotopic (exact) mass is 407 g/mol. The van der Waals surface area contributed by atoms with Crippen molar-refractivity contribution in [1.82, 2.24) is 15.4 Å². The lowest BCUT2D eigenvalue weighted by atomic mass is 10.1. The van der Waals surface area contributed by atoms with Crippen LogP contribution in [0, 0.1) is 0 Å². The molecule has 144 valence electrons. The van der Waals surface area contributed by atoms with Gasteiger partial charge in [0.2, 0.25) is 5.88 Å². The van der Waals surface area contributed by atoms with Gasteiger partial charge in [0.15, 0.2) is 0 Å². The van der Waals surface area contributed by atoms with E-state index in [0.29, 0.717) is 17.2 Å². The molecule has 1 aliphatic heterocycles. The molecule has 0 unspecified atom stereocenters.